The summed E-state index contributed by atoms with van der Waals surface area (Å²) in [5.74, 6) is -1.02. The zero-order valence-electron chi connectivity index (χ0n) is 15.9. The van der Waals surface area contributed by atoms with E-state index in [0.29, 0.717) is 18.8 Å². The molecule has 29 heavy (non-hydrogen) atoms. The minimum Gasteiger partial charge on any atom is -0.462 e. The first-order chi connectivity index (χ1) is 13.8. The SMILES string of the molecule is CCOC(=O)c1cc(NC(=O)c2ccc(S(=O)(=O)N3CCCC3)cc2)ccc1Cl. The second kappa shape index (κ2) is 8.94. The third kappa shape index (κ3) is 4.77. The lowest BCUT2D eigenvalue weighted by atomic mass is 10.1. The summed E-state index contributed by atoms with van der Waals surface area (Å²) >= 11 is 6.02. The molecule has 1 aliphatic heterocycles. The Morgan fingerprint density at radius 2 is 1.76 bits per heavy atom. The van der Waals surface area contributed by atoms with Crippen LogP contribution < -0.4 is 5.32 Å². The molecule has 9 heteroatoms. The average molecular weight is 437 g/mol. The van der Waals surface area contributed by atoms with Crippen molar-refractivity contribution in [2.45, 2.75) is 24.7 Å². The number of amides is 1. The Bertz CT molecular complexity index is 1020. The van der Waals surface area contributed by atoms with E-state index in [4.69, 9.17) is 16.3 Å². The number of ether oxygens (including phenoxy) is 1. The van der Waals surface area contributed by atoms with Crippen molar-refractivity contribution in [1.82, 2.24) is 4.31 Å². The van der Waals surface area contributed by atoms with E-state index in [1.165, 1.54) is 40.7 Å². The maximum absolute atomic E-state index is 12.6. The Kier molecular flexibility index (Phi) is 6.56. The van der Waals surface area contributed by atoms with Crippen LogP contribution in [-0.4, -0.2) is 44.3 Å². The molecule has 1 amide bonds. The number of rotatable bonds is 6. The maximum Gasteiger partial charge on any atom is 0.339 e. The molecular formula is C20H21ClN2O5S. The first kappa shape index (κ1) is 21.3. The smallest absolute Gasteiger partial charge is 0.339 e. The average Bonchev–Trinajstić information content (AvgIpc) is 3.25. The second-order valence-corrected chi connectivity index (χ2v) is 8.85. The van der Waals surface area contributed by atoms with Crippen LogP contribution in [-0.2, 0) is 14.8 Å². The summed E-state index contributed by atoms with van der Waals surface area (Å²) in [4.78, 5) is 24.6. The van der Waals surface area contributed by atoms with E-state index in [-0.39, 0.29) is 27.7 Å². The number of esters is 1. The van der Waals surface area contributed by atoms with Crippen molar-refractivity contribution in [2.75, 3.05) is 25.0 Å². The molecule has 0 bridgehead atoms. The van der Waals surface area contributed by atoms with Gasteiger partial charge in [0.25, 0.3) is 5.91 Å². The van der Waals surface area contributed by atoms with Crippen LogP contribution in [0.4, 0.5) is 5.69 Å². The van der Waals surface area contributed by atoms with Crippen LogP contribution >= 0.6 is 11.6 Å². The minimum atomic E-state index is -3.53. The topological polar surface area (TPSA) is 92.8 Å². The number of nitrogens with one attached hydrogen (secondary N) is 1. The monoisotopic (exact) mass is 436 g/mol. The summed E-state index contributed by atoms with van der Waals surface area (Å²) < 4.78 is 31.5. The number of halogens is 1. The molecule has 1 saturated heterocycles. The molecule has 0 unspecified atom stereocenters. The lowest BCUT2D eigenvalue weighted by Crippen LogP contribution is -2.27. The molecule has 1 heterocycles. The normalized spacial score (nSPS) is 14.6. The van der Waals surface area contributed by atoms with Gasteiger partial charge in [-0.15, -0.1) is 0 Å². The third-order valence-corrected chi connectivity index (χ3v) is 6.78. The fourth-order valence-electron chi connectivity index (χ4n) is 3.03. The molecule has 7 nitrogen and oxygen atoms in total. The van der Waals surface area contributed by atoms with Crippen LogP contribution in [0.25, 0.3) is 0 Å². The molecule has 0 aromatic heterocycles. The Hall–Kier alpha value is -2.42. The molecule has 0 spiro atoms. The summed E-state index contributed by atoms with van der Waals surface area (Å²) in [5.41, 5.74) is 0.813. The van der Waals surface area contributed by atoms with Gasteiger partial charge < -0.3 is 10.1 Å². The van der Waals surface area contributed by atoms with E-state index < -0.39 is 21.9 Å². The Morgan fingerprint density at radius 3 is 2.38 bits per heavy atom. The lowest BCUT2D eigenvalue weighted by molar-refractivity contribution is 0.0526. The highest BCUT2D eigenvalue weighted by molar-refractivity contribution is 7.89. The number of hydrogen-bond acceptors (Lipinski definition) is 5. The Morgan fingerprint density at radius 1 is 1.10 bits per heavy atom. The quantitative estimate of drug-likeness (QED) is 0.699. The minimum absolute atomic E-state index is 0.151. The third-order valence-electron chi connectivity index (χ3n) is 4.54. The van der Waals surface area contributed by atoms with Crippen molar-refractivity contribution < 1.29 is 22.7 Å². The molecule has 2 aromatic carbocycles. The fraction of sp³-hybridized carbons (Fsp3) is 0.300. The van der Waals surface area contributed by atoms with Gasteiger partial charge in [0.1, 0.15) is 0 Å². The number of carbonyl (C=O) groups excluding carboxylic acids is 2. The number of anilines is 1. The van der Waals surface area contributed by atoms with Crippen molar-refractivity contribution in [3.8, 4) is 0 Å². The number of benzene rings is 2. The molecule has 0 radical (unpaired) electrons. The molecule has 1 N–H and O–H groups in total. The van der Waals surface area contributed by atoms with Gasteiger partial charge in [-0.05, 0) is 62.2 Å². The van der Waals surface area contributed by atoms with E-state index in [2.05, 4.69) is 5.32 Å². The zero-order chi connectivity index (χ0) is 21.0. The molecule has 154 valence electrons. The predicted molar refractivity (Wildman–Crippen MR) is 110 cm³/mol. The second-order valence-electron chi connectivity index (χ2n) is 6.50. The molecule has 3 rings (SSSR count). The summed E-state index contributed by atoms with van der Waals surface area (Å²) in [6, 6.07) is 10.3. The molecule has 1 fully saturated rings. The summed E-state index contributed by atoms with van der Waals surface area (Å²) in [7, 11) is -3.53. The van der Waals surface area contributed by atoms with Crippen molar-refractivity contribution >= 4 is 39.2 Å². The van der Waals surface area contributed by atoms with E-state index in [1.54, 1.807) is 13.0 Å². The van der Waals surface area contributed by atoms with Gasteiger partial charge in [-0.25, -0.2) is 13.2 Å². The van der Waals surface area contributed by atoms with Crippen LogP contribution in [0.5, 0.6) is 0 Å². The number of nitrogens with zero attached hydrogens (tertiary/aromatic N) is 1. The van der Waals surface area contributed by atoms with Crippen molar-refractivity contribution in [2.24, 2.45) is 0 Å². The predicted octanol–water partition coefficient (Wildman–Crippen LogP) is 3.55. The first-order valence-electron chi connectivity index (χ1n) is 9.21. The summed E-state index contributed by atoms with van der Waals surface area (Å²) in [6.45, 7) is 2.93. The highest BCUT2D eigenvalue weighted by Crippen LogP contribution is 2.23. The van der Waals surface area contributed by atoms with E-state index in [1.807, 2.05) is 0 Å². The first-order valence-corrected chi connectivity index (χ1v) is 11.0. The van der Waals surface area contributed by atoms with E-state index in [0.717, 1.165) is 12.8 Å². The molecule has 0 aliphatic carbocycles. The highest BCUT2D eigenvalue weighted by atomic mass is 35.5. The van der Waals surface area contributed by atoms with Gasteiger partial charge in [0.2, 0.25) is 10.0 Å². The largest absolute Gasteiger partial charge is 0.462 e. The van der Waals surface area contributed by atoms with E-state index in [9.17, 15) is 18.0 Å². The molecule has 0 saturated carbocycles. The zero-order valence-corrected chi connectivity index (χ0v) is 17.4. The number of carbonyl (C=O) groups is 2. The van der Waals surface area contributed by atoms with Gasteiger partial charge in [0.05, 0.1) is 22.1 Å². The Balaban J connectivity index is 1.74. The van der Waals surface area contributed by atoms with Gasteiger partial charge in [-0.3, -0.25) is 4.79 Å². The molecule has 2 aromatic rings. The summed E-state index contributed by atoms with van der Waals surface area (Å²) in [6.07, 6.45) is 1.71. The van der Waals surface area contributed by atoms with E-state index >= 15 is 0 Å². The van der Waals surface area contributed by atoms with Crippen LogP contribution in [0, 0.1) is 0 Å². The molecular weight excluding hydrogens is 416 g/mol. The summed E-state index contributed by atoms with van der Waals surface area (Å²) in [5, 5.41) is 2.89. The van der Waals surface area contributed by atoms with Gasteiger partial charge in [0.15, 0.2) is 0 Å². The van der Waals surface area contributed by atoms with Gasteiger partial charge in [-0.2, -0.15) is 4.31 Å². The molecule has 0 atom stereocenters. The van der Waals surface area contributed by atoms with Crippen LogP contribution in [0.1, 0.15) is 40.5 Å². The van der Waals surface area contributed by atoms with Crippen molar-refractivity contribution in [1.29, 1.82) is 0 Å². The van der Waals surface area contributed by atoms with Gasteiger partial charge in [-0.1, -0.05) is 11.6 Å². The Labute approximate surface area is 174 Å². The van der Waals surface area contributed by atoms with Crippen LogP contribution in [0.15, 0.2) is 47.4 Å². The maximum atomic E-state index is 12.6. The van der Waals surface area contributed by atoms with Gasteiger partial charge >= 0.3 is 5.97 Å². The lowest BCUT2D eigenvalue weighted by Gasteiger charge is -2.15. The van der Waals surface area contributed by atoms with Crippen molar-refractivity contribution in [3.05, 3.63) is 58.6 Å². The highest BCUT2D eigenvalue weighted by Gasteiger charge is 2.27. The standard InChI is InChI=1S/C20H21ClN2O5S/c1-2-28-20(25)17-13-15(7-10-18(17)21)22-19(24)14-5-8-16(9-6-14)29(26,27)23-11-3-4-12-23/h5-10,13H,2-4,11-12H2,1H3,(H,22,24). The number of hydrogen-bond donors (Lipinski definition) is 1. The molecule has 1 aliphatic rings. The van der Waals surface area contributed by atoms with Crippen molar-refractivity contribution in [3.63, 3.8) is 0 Å². The van der Waals surface area contributed by atoms with Crippen LogP contribution in [0.3, 0.4) is 0 Å². The van der Waals surface area contributed by atoms with Crippen LogP contribution in [0.2, 0.25) is 5.02 Å². The fourth-order valence-corrected chi connectivity index (χ4v) is 4.74. The van der Waals surface area contributed by atoms with Gasteiger partial charge in [0, 0.05) is 24.3 Å². The number of sulfonamides is 1.